The summed E-state index contributed by atoms with van der Waals surface area (Å²) in [4.78, 5) is 0. The van der Waals surface area contributed by atoms with Crippen LogP contribution in [0.15, 0.2) is 109 Å². The molecule has 0 fully saturated rings. The summed E-state index contributed by atoms with van der Waals surface area (Å²) in [5.74, 6) is 0.573. The fourth-order valence-electron chi connectivity index (χ4n) is 5.08. The molecule has 2 aliphatic carbocycles. The van der Waals surface area contributed by atoms with E-state index in [1.54, 1.807) is 0 Å². The number of hydrogen-bond donors (Lipinski definition) is 0. The molecule has 6 rings (SSSR count). The van der Waals surface area contributed by atoms with Crippen molar-refractivity contribution < 1.29 is 75.4 Å². The molecule has 0 radical (unpaired) electrons. The van der Waals surface area contributed by atoms with Crippen LogP contribution in [-0.2, 0) is 43.0 Å². The molecule has 0 nitrogen and oxygen atoms in total. The SMILES string of the molecule is CCC1[C-]=CC(C(C)(C)C)=C1.FC(F)(F)c1cccc([C](=[Zr+2])c2cccc(C(F)(F)F)c2)c1.[Cl-].[Cl-].[c-]1cccc2c1Cc1ccccc1-2. The van der Waals surface area contributed by atoms with Gasteiger partial charge >= 0.3 is 137 Å². The van der Waals surface area contributed by atoms with Crippen molar-refractivity contribution in [2.24, 2.45) is 11.3 Å². The van der Waals surface area contributed by atoms with Gasteiger partial charge in [-0.2, -0.15) is 41.5 Å². The van der Waals surface area contributed by atoms with Gasteiger partial charge in [0, 0.05) is 0 Å². The number of benzene rings is 4. The second-order valence-electron chi connectivity index (χ2n) is 12.1. The van der Waals surface area contributed by atoms with Gasteiger partial charge in [-0.1, -0.05) is 80.8 Å². The molecule has 1 unspecified atom stereocenters. The van der Waals surface area contributed by atoms with Crippen LogP contribution in [0.1, 0.15) is 67.5 Å². The maximum absolute atomic E-state index is 12.7. The van der Waals surface area contributed by atoms with Crippen LogP contribution in [0.3, 0.4) is 0 Å². The smallest absolute Gasteiger partial charge is 0.0253 e. The third kappa shape index (κ3) is 10.9. The van der Waals surface area contributed by atoms with Crippen LogP contribution in [0, 0.1) is 23.5 Å². The monoisotopic (exact) mass is 776 g/mol. The maximum Gasteiger partial charge on any atom is -0.0253 e. The van der Waals surface area contributed by atoms with E-state index < -0.39 is 23.5 Å². The Morgan fingerprint density at radius 3 is 1.77 bits per heavy atom. The minimum Gasteiger partial charge on any atom is -1.00 e. The van der Waals surface area contributed by atoms with Gasteiger partial charge in [0.2, 0.25) is 0 Å². The first kappa shape index (κ1) is 41.4. The molecule has 2 aliphatic rings. The molecule has 1 atom stereocenters. The number of fused-ring (bicyclic) bond motifs is 3. The van der Waals surface area contributed by atoms with Gasteiger partial charge in [0.05, 0.1) is 0 Å². The number of halogens is 8. The summed E-state index contributed by atoms with van der Waals surface area (Å²) in [5.41, 5.74) is 6.14. The van der Waals surface area contributed by atoms with E-state index in [0.717, 1.165) is 54.9 Å². The van der Waals surface area contributed by atoms with Gasteiger partial charge in [-0.05, 0) is 6.42 Å². The van der Waals surface area contributed by atoms with Crippen molar-refractivity contribution in [2.45, 2.75) is 52.9 Å². The van der Waals surface area contributed by atoms with Crippen LogP contribution in [0.2, 0.25) is 0 Å². The molecular formula is C39H34Cl2F6Zr-2. The molecule has 0 spiro atoms. The van der Waals surface area contributed by atoms with Crippen molar-refractivity contribution in [1.29, 1.82) is 0 Å². The average molecular weight is 779 g/mol. The fraction of sp³-hybridized carbons (Fsp3) is 0.256. The second kappa shape index (κ2) is 17.3. The Morgan fingerprint density at radius 1 is 0.750 bits per heavy atom. The average Bonchev–Trinajstić information content (AvgIpc) is 3.66. The number of rotatable bonds is 3. The molecule has 9 heteroatoms. The van der Waals surface area contributed by atoms with Gasteiger partial charge in [-0.15, -0.1) is 5.56 Å². The van der Waals surface area contributed by atoms with Gasteiger partial charge in [0.1, 0.15) is 0 Å². The normalized spacial score (nSPS) is 14.5. The Hall–Kier alpha value is -2.73. The Bertz CT molecular complexity index is 1640. The Balaban J connectivity index is 0.000000263. The second-order valence-corrected chi connectivity index (χ2v) is 13.4. The summed E-state index contributed by atoms with van der Waals surface area (Å²) in [5, 5.41) is 0. The third-order valence-electron chi connectivity index (χ3n) is 7.71. The van der Waals surface area contributed by atoms with E-state index in [4.69, 9.17) is 0 Å². The Morgan fingerprint density at radius 2 is 1.29 bits per heavy atom. The molecule has 0 saturated heterocycles. The van der Waals surface area contributed by atoms with Gasteiger partial charge in [0.25, 0.3) is 0 Å². The molecule has 252 valence electrons. The predicted octanol–water partition coefficient (Wildman–Crippen LogP) is 5.26. The first-order valence-electron chi connectivity index (χ1n) is 14.9. The largest absolute Gasteiger partial charge is 1.00 e. The zero-order valence-electron chi connectivity index (χ0n) is 26.8. The van der Waals surface area contributed by atoms with Gasteiger partial charge in [-0.3, -0.25) is 6.08 Å². The quantitative estimate of drug-likeness (QED) is 0.173. The van der Waals surface area contributed by atoms with Crippen molar-refractivity contribution in [3.05, 3.63) is 154 Å². The molecule has 0 N–H and O–H groups in total. The van der Waals surface area contributed by atoms with Gasteiger partial charge in [0.15, 0.2) is 0 Å². The topological polar surface area (TPSA) is 0 Å². The van der Waals surface area contributed by atoms with E-state index in [9.17, 15) is 26.3 Å². The molecule has 0 bridgehead atoms. The third-order valence-corrected chi connectivity index (χ3v) is 9.13. The van der Waals surface area contributed by atoms with E-state index in [-0.39, 0.29) is 35.9 Å². The molecular weight excluding hydrogens is 745 g/mol. The van der Waals surface area contributed by atoms with Crippen LogP contribution in [-0.4, -0.2) is 3.21 Å². The molecule has 0 amide bonds. The van der Waals surface area contributed by atoms with Crippen LogP contribution in [0.4, 0.5) is 26.3 Å². The van der Waals surface area contributed by atoms with Crippen molar-refractivity contribution >= 4 is 3.21 Å². The van der Waals surface area contributed by atoms with Crippen molar-refractivity contribution in [1.82, 2.24) is 0 Å². The minimum atomic E-state index is -4.49. The molecule has 48 heavy (non-hydrogen) atoms. The van der Waals surface area contributed by atoms with Crippen molar-refractivity contribution in [3.63, 3.8) is 0 Å². The molecule has 4 aromatic carbocycles. The van der Waals surface area contributed by atoms with E-state index in [0.29, 0.717) is 14.5 Å². The van der Waals surface area contributed by atoms with Crippen LogP contribution >= 0.6 is 0 Å². The fourth-order valence-corrected chi connectivity index (χ4v) is 5.84. The Kier molecular flexibility index (Phi) is 14.9. The van der Waals surface area contributed by atoms with E-state index in [2.05, 4.69) is 88.4 Å². The molecule has 0 heterocycles. The van der Waals surface area contributed by atoms with Crippen LogP contribution in [0.5, 0.6) is 0 Å². The Labute approximate surface area is 306 Å². The molecule has 0 aromatic heterocycles. The number of alkyl halides is 6. The zero-order chi connectivity index (χ0) is 33.7. The van der Waals surface area contributed by atoms with E-state index in [1.165, 1.54) is 58.5 Å². The van der Waals surface area contributed by atoms with Crippen molar-refractivity contribution in [2.75, 3.05) is 0 Å². The standard InChI is InChI=1S/C15H8F6.C13H9.C11H17.2ClH.Zr/c16-14(17,18)12-5-1-3-10(8-12)7-11-4-2-6-13(9-11)15(19,20)21;1-3-7-12-10(5-1)9-11-6-2-4-8-13(11)12;1-5-9-6-7-10(8-9)11(2,3)4;;;/h1-6,8-9H;1-5,7-8H,9H2;7-9H,5H2,1-4H3;2*1H;/q;2*-1;;;+2/p-2. The summed E-state index contributed by atoms with van der Waals surface area (Å²) in [6.45, 7) is 8.94. The van der Waals surface area contributed by atoms with E-state index >= 15 is 0 Å². The summed E-state index contributed by atoms with van der Waals surface area (Å²) in [6.07, 6.45) is 1.08. The first-order valence-corrected chi connectivity index (χ1v) is 16.1. The predicted molar refractivity (Wildman–Crippen MR) is 169 cm³/mol. The minimum absolute atomic E-state index is 0. The molecule has 0 aliphatic heterocycles. The van der Waals surface area contributed by atoms with Crippen LogP contribution in [0.25, 0.3) is 11.1 Å². The summed E-state index contributed by atoms with van der Waals surface area (Å²) >= 11 is 0.729. The summed E-state index contributed by atoms with van der Waals surface area (Å²) < 4.78 is 76.7. The summed E-state index contributed by atoms with van der Waals surface area (Å²) in [7, 11) is 0. The van der Waals surface area contributed by atoms with Gasteiger partial charge < -0.3 is 24.8 Å². The molecule has 0 saturated carbocycles. The van der Waals surface area contributed by atoms with E-state index in [1.807, 2.05) is 6.07 Å². The number of hydrogen-bond acceptors (Lipinski definition) is 0. The van der Waals surface area contributed by atoms with Gasteiger partial charge in [-0.25, -0.2) is 6.08 Å². The number of allylic oxidation sites excluding steroid dienone is 4. The van der Waals surface area contributed by atoms with Crippen molar-refractivity contribution in [3.8, 4) is 11.1 Å². The molecule has 4 aromatic rings. The van der Waals surface area contributed by atoms with Crippen LogP contribution < -0.4 is 24.8 Å². The zero-order valence-corrected chi connectivity index (χ0v) is 30.8. The first-order chi connectivity index (χ1) is 21.6. The summed E-state index contributed by atoms with van der Waals surface area (Å²) in [6, 6.07) is 27.3. The maximum atomic E-state index is 12.7.